The second-order valence-corrected chi connectivity index (χ2v) is 14.0. The molecule has 4 rings (SSSR count). The predicted octanol–water partition coefficient (Wildman–Crippen LogP) is 7.05. The topological polar surface area (TPSA) is 93.1 Å². The van der Waals surface area contributed by atoms with Crippen molar-refractivity contribution in [3.05, 3.63) is 56.5 Å². The van der Waals surface area contributed by atoms with E-state index >= 15 is 0 Å². The van der Waals surface area contributed by atoms with Crippen molar-refractivity contribution in [3.63, 3.8) is 0 Å². The van der Waals surface area contributed by atoms with Gasteiger partial charge < -0.3 is 19.7 Å². The number of aliphatic hydroxyl groups is 2. The first kappa shape index (κ1) is 31.1. The lowest BCUT2D eigenvalue weighted by Crippen LogP contribution is -2.51. The van der Waals surface area contributed by atoms with Crippen molar-refractivity contribution in [1.29, 1.82) is 0 Å². The Balaban J connectivity index is 1.76. The van der Waals surface area contributed by atoms with Crippen molar-refractivity contribution >= 4 is 46.4 Å². The summed E-state index contributed by atoms with van der Waals surface area (Å²) in [5, 5.41) is 23.7. The van der Waals surface area contributed by atoms with E-state index in [0.29, 0.717) is 39.8 Å². The lowest BCUT2D eigenvalue weighted by Gasteiger charge is -2.46. The van der Waals surface area contributed by atoms with Crippen LogP contribution < -0.4 is 9.47 Å². The number of aliphatic hydroxyl groups excluding tert-OH is 2. The molecule has 0 amide bonds. The van der Waals surface area contributed by atoms with Gasteiger partial charge in [0.2, 0.25) is 0 Å². The Morgan fingerprint density at radius 3 is 1.90 bits per heavy atom. The summed E-state index contributed by atoms with van der Waals surface area (Å²) >= 11 is 19.1. The number of methoxy groups -OCH3 is 1. The Hall–Kier alpha value is -1.83. The molecule has 2 aliphatic carbocycles. The molecule has 0 bridgehead atoms. The van der Waals surface area contributed by atoms with Gasteiger partial charge in [0.25, 0.3) is 0 Å². The SMILES string of the molecule is COc1cc(C([C@H]2C(=O)CC(C)(C)C[C@@H]2O)[C@@H]2C(=O)CC(C)(C)C[C@@H]2O)cc(Cl)c1OCc1ccc(Cl)cc1Cl. The van der Waals surface area contributed by atoms with Gasteiger partial charge in [-0.25, -0.2) is 0 Å². The summed E-state index contributed by atoms with van der Waals surface area (Å²) in [4.78, 5) is 27.2. The average molecular weight is 612 g/mol. The zero-order valence-electron chi connectivity index (χ0n) is 23.5. The molecule has 2 N–H and O–H groups in total. The second kappa shape index (κ2) is 11.8. The summed E-state index contributed by atoms with van der Waals surface area (Å²) in [7, 11) is 1.47. The van der Waals surface area contributed by atoms with E-state index in [2.05, 4.69) is 0 Å². The number of hydrogen-bond donors (Lipinski definition) is 2. The van der Waals surface area contributed by atoms with Gasteiger partial charge >= 0.3 is 0 Å². The molecule has 0 aliphatic heterocycles. The van der Waals surface area contributed by atoms with Crippen molar-refractivity contribution in [2.75, 3.05) is 7.11 Å². The van der Waals surface area contributed by atoms with Gasteiger partial charge in [0.05, 0.1) is 36.2 Å². The molecule has 2 fully saturated rings. The van der Waals surface area contributed by atoms with E-state index < -0.39 is 30.0 Å². The van der Waals surface area contributed by atoms with Crippen LogP contribution in [0, 0.1) is 22.7 Å². The summed E-state index contributed by atoms with van der Waals surface area (Å²) < 4.78 is 11.7. The number of ether oxygens (including phenoxy) is 2. The van der Waals surface area contributed by atoms with Crippen LogP contribution in [0.5, 0.6) is 11.5 Å². The first-order valence-corrected chi connectivity index (χ1v) is 14.6. The van der Waals surface area contributed by atoms with Crippen LogP contribution in [0.2, 0.25) is 15.1 Å². The molecule has 40 heavy (non-hydrogen) atoms. The highest BCUT2D eigenvalue weighted by Crippen LogP contribution is 2.51. The molecule has 5 atom stereocenters. The van der Waals surface area contributed by atoms with E-state index in [1.165, 1.54) is 7.11 Å². The fourth-order valence-corrected chi connectivity index (χ4v) is 7.25. The molecule has 218 valence electrons. The van der Waals surface area contributed by atoms with Gasteiger partial charge in [-0.15, -0.1) is 0 Å². The Kier molecular flexibility index (Phi) is 9.19. The maximum absolute atomic E-state index is 13.6. The van der Waals surface area contributed by atoms with Crippen LogP contribution in [-0.2, 0) is 16.2 Å². The largest absolute Gasteiger partial charge is 0.493 e. The van der Waals surface area contributed by atoms with Crippen LogP contribution in [0.1, 0.15) is 70.4 Å². The van der Waals surface area contributed by atoms with E-state index in [1.54, 1.807) is 30.3 Å². The van der Waals surface area contributed by atoms with Crippen molar-refractivity contribution < 1.29 is 29.3 Å². The van der Waals surface area contributed by atoms with Crippen molar-refractivity contribution in [2.45, 2.75) is 78.1 Å². The lowest BCUT2D eigenvalue weighted by atomic mass is 9.58. The number of carbonyl (C=O) groups excluding carboxylic acids is 2. The molecule has 9 heteroatoms. The number of halogens is 3. The van der Waals surface area contributed by atoms with Crippen LogP contribution in [0.15, 0.2) is 30.3 Å². The highest BCUT2D eigenvalue weighted by Gasteiger charge is 2.52. The molecule has 2 aliphatic rings. The molecule has 0 spiro atoms. The zero-order valence-corrected chi connectivity index (χ0v) is 25.7. The Labute approximate surface area is 250 Å². The summed E-state index contributed by atoms with van der Waals surface area (Å²) in [5.41, 5.74) is 0.492. The van der Waals surface area contributed by atoms with E-state index in [9.17, 15) is 19.8 Å². The molecule has 0 aromatic heterocycles. The van der Waals surface area contributed by atoms with Crippen LogP contribution >= 0.6 is 34.8 Å². The highest BCUT2D eigenvalue weighted by molar-refractivity contribution is 6.35. The monoisotopic (exact) mass is 610 g/mol. The van der Waals surface area contributed by atoms with Crippen molar-refractivity contribution in [3.8, 4) is 11.5 Å². The number of rotatable bonds is 7. The molecule has 1 unspecified atom stereocenters. The maximum Gasteiger partial charge on any atom is 0.180 e. The third-order valence-electron chi connectivity index (χ3n) is 8.20. The molecular formula is C31H37Cl3O6. The van der Waals surface area contributed by atoms with Crippen LogP contribution in [0.4, 0.5) is 0 Å². The number of ketones is 2. The molecule has 2 aromatic carbocycles. The van der Waals surface area contributed by atoms with Gasteiger partial charge in [-0.05, 0) is 53.5 Å². The number of Topliss-reactive ketones (excluding diaryl/α,β-unsaturated/α-hetero) is 2. The fourth-order valence-electron chi connectivity index (χ4n) is 6.52. The van der Waals surface area contributed by atoms with E-state index in [0.717, 1.165) is 0 Å². The standard InChI is InChI=1S/C31H37Cl3O6/c1-30(2)11-21(35)27(22(36)12-30)26(28-23(37)13-31(3,4)14-24(28)38)17-8-20(34)29(25(9-17)39-5)40-15-16-6-7-18(32)10-19(16)33/h6-10,21,23,26-28,35,37H,11-15H2,1-5H3/t21-,23-,26?,27-,28+/m0/s1. The number of carbonyl (C=O) groups is 2. The van der Waals surface area contributed by atoms with Gasteiger partial charge in [0.1, 0.15) is 18.2 Å². The quantitative estimate of drug-likeness (QED) is 0.349. The fraction of sp³-hybridized carbons (Fsp3) is 0.548. The van der Waals surface area contributed by atoms with Gasteiger partial charge in [-0.2, -0.15) is 0 Å². The summed E-state index contributed by atoms with van der Waals surface area (Å²) in [6.07, 6.45) is -0.636. The minimum Gasteiger partial charge on any atom is -0.493 e. The van der Waals surface area contributed by atoms with Crippen molar-refractivity contribution in [2.24, 2.45) is 22.7 Å². The van der Waals surface area contributed by atoms with Gasteiger partial charge in [-0.1, -0.05) is 68.6 Å². The normalized spacial score (nSPS) is 26.9. The van der Waals surface area contributed by atoms with Crippen molar-refractivity contribution in [1.82, 2.24) is 0 Å². The average Bonchev–Trinajstić information content (AvgIpc) is 2.80. The first-order chi connectivity index (χ1) is 18.6. The number of hydrogen-bond acceptors (Lipinski definition) is 6. The highest BCUT2D eigenvalue weighted by atomic mass is 35.5. The minimum atomic E-state index is -0.982. The maximum atomic E-state index is 13.6. The molecular weight excluding hydrogens is 575 g/mol. The smallest absolute Gasteiger partial charge is 0.180 e. The Morgan fingerprint density at radius 2 is 1.43 bits per heavy atom. The molecule has 6 nitrogen and oxygen atoms in total. The molecule has 0 saturated heterocycles. The minimum absolute atomic E-state index is 0.0959. The third kappa shape index (κ3) is 6.63. The van der Waals surface area contributed by atoms with E-state index in [1.807, 2.05) is 27.7 Å². The molecule has 0 radical (unpaired) electrons. The van der Waals surface area contributed by atoms with Crippen LogP contribution in [-0.4, -0.2) is 41.1 Å². The zero-order chi connectivity index (χ0) is 29.6. The Morgan fingerprint density at radius 1 is 0.875 bits per heavy atom. The molecule has 2 aromatic rings. The van der Waals surface area contributed by atoms with Gasteiger partial charge in [-0.3, -0.25) is 9.59 Å². The van der Waals surface area contributed by atoms with Gasteiger partial charge in [0.15, 0.2) is 11.5 Å². The number of benzene rings is 2. The molecule has 2 saturated carbocycles. The summed E-state index contributed by atoms with van der Waals surface area (Å²) in [6, 6.07) is 8.42. The Bertz CT molecular complexity index is 1250. The van der Waals surface area contributed by atoms with E-state index in [4.69, 9.17) is 44.3 Å². The van der Waals surface area contributed by atoms with Crippen LogP contribution in [0.3, 0.4) is 0 Å². The third-order valence-corrected chi connectivity index (χ3v) is 9.07. The molecule has 0 heterocycles. The van der Waals surface area contributed by atoms with Gasteiger partial charge in [0, 0.05) is 34.4 Å². The van der Waals surface area contributed by atoms with E-state index in [-0.39, 0.29) is 52.6 Å². The van der Waals surface area contributed by atoms with Crippen LogP contribution in [0.25, 0.3) is 0 Å². The summed E-state index contributed by atoms with van der Waals surface area (Å²) in [5.74, 6) is -2.24. The predicted molar refractivity (Wildman–Crippen MR) is 157 cm³/mol. The lowest BCUT2D eigenvalue weighted by molar-refractivity contribution is -0.144. The second-order valence-electron chi connectivity index (χ2n) is 12.8. The summed E-state index contributed by atoms with van der Waals surface area (Å²) in [6.45, 7) is 7.88. The first-order valence-electron chi connectivity index (χ1n) is 13.5.